The quantitative estimate of drug-likeness (QED) is 0.448. The average molecular weight is 438 g/mol. The van der Waals surface area contributed by atoms with Gasteiger partial charge in [-0.05, 0) is 54.8 Å². The minimum absolute atomic E-state index is 0.272. The summed E-state index contributed by atoms with van der Waals surface area (Å²) >= 11 is 0. The number of aliphatic hydroxyl groups is 1. The Morgan fingerprint density at radius 3 is 2.69 bits per heavy atom. The summed E-state index contributed by atoms with van der Waals surface area (Å²) < 4.78 is 13.5. The first-order valence-corrected chi connectivity index (χ1v) is 10.5. The van der Waals surface area contributed by atoms with Gasteiger partial charge in [-0.25, -0.2) is 9.37 Å². The Hall–Kier alpha value is -3.52. The summed E-state index contributed by atoms with van der Waals surface area (Å²) in [6.07, 6.45) is 4.24. The van der Waals surface area contributed by atoms with Crippen molar-refractivity contribution in [2.75, 3.05) is 35.3 Å². The molecular weight excluding hydrogens is 409 g/mol. The van der Waals surface area contributed by atoms with Gasteiger partial charge in [0.25, 0.3) is 0 Å². The smallest absolute Gasteiger partial charge is 0.214 e. The molecule has 3 aromatic rings. The van der Waals surface area contributed by atoms with Crippen LogP contribution in [0.3, 0.4) is 0 Å². The molecule has 3 rings (SSSR count). The lowest BCUT2D eigenvalue weighted by atomic mass is 10.1. The van der Waals surface area contributed by atoms with Crippen LogP contribution in [0.25, 0.3) is 0 Å². The minimum atomic E-state index is -0.511. The molecule has 1 unspecified atom stereocenters. The van der Waals surface area contributed by atoms with Gasteiger partial charge < -0.3 is 20.2 Å². The van der Waals surface area contributed by atoms with Crippen LogP contribution in [0.4, 0.5) is 21.7 Å². The molecule has 8 heteroatoms. The van der Waals surface area contributed by atoms with Crippen LogP contribution in [0.1, 0.15) is 18.1 Å². The summed E-state index contributed by atoms with van der Waals surface area (Å²) in [7, 11) is 1.85. The molecule has 0 aliphatic carbocycles. The number of benzene rings is 1. The van der Waals surface area contributed by atoms with Crippen LogP contribution in [0, 0.1) is 5.82 Å². The van der Waals surface area contributed by atoms with Gasteiger partial charge in [-0.2, -0.15) is 0 Å². The molecule has 32 heavy (non-hydrogen) atoms. The molecule has 7 nitrogen and oxygen atoms in total. The van der Waals surface area contributed by atoms with Crippen molar-refractivity contribution >= 4 is 23.7 Å². The number of halogens is 1. The van der Waals surface area contributed by atoms with Crippen LogP contribution in [-0.4, -0.2) is 47.7 Å². The van der Waals surface area contributed by atoms with Gasteiger partial charge >= 0.3 is 0 Å². The zero-order valence-corrected chi connectivity index (χ0v) is 18.3. The van der Waals surface area contributed by atoms with Gasteiger partial charge in [0.1, 0.15) is 11.6 Å². The van der Waals surface area contributed by atoms with Crippen molar-refractivity contribution < 1.29 is 14.3 Å². The van der Waals surface area contributed by atoms with E-state index < -0.39 is 6.10 Å². The molecule has 0 saturated carbocycles. The Labute approximate surface area is 187 Å². The van der Waals surface area contributed by atoms with Crippen molar-refractivity contribution in [3.05, 3.63) is 77.9 Å². The van der Waals surface area contributed by atoms with Crippen molar-refractivity contribution in [1.82, 2.24) is 9.97 Å². The molecule has 2 N–H and O–H groups in total. The van der Waals surface area contributed by atoms with Gasteiger partial charge in [0.15, 0.2) is 5.82 Å². The molecule has 0 aliphatic heterocycles. The first kappa shape index (κ1) is 23.1. The van der Waals surface area contributed by atoms with E-state index in [1.807, 2.05) is 42.3 Å². The molecule has 0 fully saturated rings. The molecule has 0 saturated heterocycles. The van der Waals surface area contributed by atoms with Crippen LogP contribution in [0.2, 0.25) is 0 Å². The second-order valence-corrected chi connectivity index (χ2v) is 7.67. The molecule has 1 aromatic carbocycles. The van der Waals surface area contributed by atoms with Gasteiger partial charge in [-0.1, -0.05) is 18.2 Å². The molecular formula is C24H28FN5O2. The van der Waals surface area contributed by atoms with E-state index in [9.17, 15) is 14.3 Å². The highest BCUT2D eigenvalue weighted by atomic mass is 19.1. The van der Waals surface area contributed by atoms with E-state index in [1.165, 1.54) is 12.1 Å². The fraction of sp³-hybridized carbons (Fsp3) is 0.292. The summed E-state index contributed by atoms with van der Waals surface area (Å²) in [5.41, 5.74) is 2.38. The molecule has 2 heterocycles. The number of amides is 1. The van der Waals surface area contributed by atoms with Crippen molar-refractivity contribution in [2.45, 2.75) is 26.0 Å². The van der Waals surface area contributed by atoms with Gasteiger partial charge in [0.2, 0.25) is 6.41 Å². The second-order valence-electron chi connectivity index (χ2n) is 7.67. The van der Waals surface area contributed by atoms with Crippen LogP contribution in [0.5, 0.6) is 0 Å². The molecule has 0 radical (unpaired) electrons. The number of aliphatic hydroxyl groups excluding tert-OH is 1. The van der Waals surface area contributed by atoms with Crippen LogP contribution < -0.4 is 15.1 Å². The van der Waals surface area contributed by atoms with E-state index in [-0.39, 0.29) is 5.82 Å². The number of likely N-dealkylation sites (N-methyl/N-ethyl adjacent to an activating group) is 1. The number of rotatable bonds is 11. The number of nitrogens with one attached hydrogen (secondary N) is 1. The zero-order valence-electron chi connectivity index (χ0n) is 18.3. The van der Waals surface area contributed by atoms with Crippen molar-refractivity contribution in [3.63, 3.8) is 0 Å². The number of aromatic nitrogens is 2. The number of carbonyl (C=O) groups excluding carboxylic acids is 1. The lowest BCUT2D eigenvalue weighted by Crippen LogP contribution is -2.28. The van der Waals surface area contributed by atoms with Crippen molar-refractivity contribution in [3.8, 4) is 0 Å². The molecule has 168 valence electrons. The topological polar surface area (TPSA) is 81.6 Å². The van der Waals surface area contributed by atoms with E-state index >= 15 is 0 Å². The summed E-state index contributed by atoms with van der Waals surface area (Å²) in [6.45, 7) is 2.99. The maximum absolute atomic E-state index is 13.5. The number of hydrogen-bond donors (Lipinski definition) is 2. The first-order valence-electron chi connectivity index (χ1n) is 10.5. The highest BCUT2D eigenvalue weighted by molar-refractivity contribution is 5.82. The number of carbonyl (C=O) groups is 1. The third-order valence-corrected chi connectivity index (χ3v) is 4.90. The second kappa shape index (κ2) is 11.2. The normalized spacial score (nSPS) is 11.6. The maximum Gasteiger partial charge on any atom is 0.214 e. The first-order chi connectivity index (χ1) is 15.5. The predicted molar refractivity (Wildman–Crippen MR) is 124 cm³/mol. The third kappa shape index (κ3) is 6.49. The third-order valence-electron chi connectivity index (χ3n) is 4.90. The molecule has 1 amide bonds. The van der Waals surface area contributed by atoms with Gasteiger partial charge in [-0.15, -0.1) is 0 Å². The largest absolute Gasteiger partial charge is 0.392 e. The molecule has 0 bridgehead atoms. The van der Waals surface area contributed by atoms with Crippen LogP contribution >= 0.6 is 0 Å². The minimum Gasteiger partial charge on any atom is -0.392 e. The van der Waals surface area contributed by atoms with Gasteiger partial charge in [0, 0.05) is 32.5 Å². The molecule has 0 spiro atoms. The lowest BCUT2D eigenvalue weighted by Gasteiger charge is -2.24. The fourth-order valence-electron chi connectivity index (χ4n) is 3.39. The number of hydrogen-bond acceptors (Lipinski definition) is 6. The summed E-state index contributed by atoms with van der Waals surface area (Å²) in [4.78, 5) is 24.1. The van der Waals surface area contributed by atoms with Crippen LogP contribution in [0.15, 0.2) is 60.9 Å². The summed E-state index contributed by atoms with van der Waals surface area (Å²) in [5, 5.41) is 13.0. The molecule has 2 aromatic heterocycles. The van der Waals surface area contributed by atoms with Gasteiger partial charge in [0.05, 0.1) is 18.3 Å². The Balaban J connectivity index is 1.84. The lowest BCUT2D eigenvalue weighted by molar-refractivity contribution is -0.107. The highest BCUT2D eigenvalue weighted by Gasteiger charge is 2.16. The van der Waals surface area contributed by atoms with E-state index in [4.69, 9.17) is 4.98 Å². The SMILES string of the molecule is CC(O)CN(C)c1ccc(N(C=O)Cc2cccnc2)c(NCCc2cccc(F)c2)n1. The van der Waals surface area contributed by atoms with E-state index in [0.717, 1.165) is 17.5 Å². The van der Waals surface area contributed by atoms with Crippen molar-refractivity contribution in [1.29, 1.82) is 0 Å². The number of anilines is 3. The Kier molecular flexibility index (Phi) is 8.10. The van der Waals surface area contributed by atoms with Crippen LogP contribution in [-0.2, 0) is 17.8 Å². The average Bonchev–Trinajstić information content (AvgIpc) is 2.78. The van der Waals surface area contributed by atoms with E-state index in [1.54, 1.807) is 30.3 Å². The predicted octanol–water partition coefficient (Wildman–Crippen LogP) is 3.25. The Morgan fingerprint density at radius 1 is 1.19 bits per heavy atom. The standard InChI is InChI=1S/C24H28FN5O2/c1-18(32)15-29(2)23-9-8-22(30(17-31)16-20-6-4-11-26-14-20)24(28-23)27-12-10-19-5-3-7-21(25)13-19/h3-9,11,13-14,17-18,32H,10,12,15-16H2,1-2H3,(H,27,28). The summed E-state index contributed by atoms with van der Waals surface area (Å²) in [5.74, 6) is 0.925. The maximum atomic E-state index is 13.5. The molecule has 0 aliphatic rings. The fourth-order valence-corrected chi connectivity index (χ4v) is 3.39. The molecule has 1 atom stereocenters. The monoisotopic (exact) mass is 437 g/mol. The Morgan fingerprint density at radius 2 is 2.00 bits per heavy atom. The summed E-state index contributed by atoms with van der Waals surface area (Å²) in [6, 6.07) is 13.8. The number of nitrogens with zero attached hydrogens (tertiary/aromatic N) is 4. The number of pyridine rings is 2. The van der Waals surface area contributed by atoms with E-state index in [0.29, 0.717) is 43.4 Å². The zero-order chi connectivity index (χ0) is 22.9. The van der Waals surface area contributed by atoms with Gasteiger partial charge in [-0.3, -0.25) is 9.78 Å². The Bertz CT molecular complexity index is 1020. The highest BCUT2D eigenvalue weighted by Crippen LogP contribution is 2.28. The van der Waals surface area contributed by atoms with Crippen molar-refractivity contribution in [2.24, 2.45) is 0 Å². The van der Waals surface area contributed by atoms with E-state index in [2.05, 4.69) is 10.3 Å².